The molecule has 10 nitrogen and oxygen atoms in total. The van der Waals surface area contributed by atoms with Crippen molar-refractivity contribution in [2.45, 2.75) is 49.8 Å². The first-order valence-corrected chi connectivity index (χ1v) is 12.0. The lowest BCUT2D eigenvalue weighted by atomic mass is 9.80. The lowest BCUT2D eigenvalue weighted by molar-refractivity contribution is -0.109. The molecule has 2 heterocycles. The maximum Gasteiger partial charge on any atom is 0.407 e. The van der Waals surface area contributed by atoms with E-state index in [2.05, 4.69) is 4.98 Å². The molecule has 0 spiro atoms. The number of aromatic nitrogens is 2. The van der Waals surface area contributed by atoms with Crippen LogP contribution in [-0.4, -0.2) is 92.8 Å². The molecule has 1 aliphatic carbocycles. The van der Waals surface area contributed by atoms with Crippen molar-refractivity contribution >= 4 is 18.3 Å². The van der Waals surface area contributed by atoms with Crippen LogP contribution in [0.5, 0.6) is 0 Å². The Balaban J connectivity index is 1.75. The summed E-state index contributed by atoms with van der Waals surface area (Å²) in [6.07, 6.45) is 4.40. The van der Waals surface area contributed by atoms with Gasteiger partial charge in [-0.05, 0) is 12.8 Å². The number of nitrogens with zero attached hydrogens (tertiary/aromatic N) is 4. The second-order valence-electron chi connectivity index (χ2n) is 9.30. The molecular weight excluding hydrogens is 452 g/mol. The summed E-state index contributed by atoms with van der Waals surface area (Å²) in [5, 5.41) is 20.9. The molecule has 1 aliphatic heterocycles. The summed E-state index contributed by atoms with van der Waals surface area (Å²) in [7, 11) is 1.56. The van der Waals surface area contributed by atoms with Crippen LogP contribution >= 0.6 is 0 Å². The smallest absolute Gasteiger partial charge is 0.407 e. The van der Waals surface area contributed by atoms with Gasteiger partial charge in [0.25, 0.3) is 5.91 Å². The molecule has 1 aromatic heterocycles. The highest BCUT2D eigenvalue weighted by molar-refractivity contribution is 5.98. The Morgan fingerprint density at radius 2 is 2.00 bits per heavy atom. The third kappa shape index (κ3) is 4.94. The normalized spacial score (nSPS) is 24.9. The number of amides is 2. The van der Waals surface area contributed by atoms with E-state index in [-0.39, 0.29) is 50.3 Å². The Bertz CT molecular complexity index is 1050. The van der Waals surface area contributed by atoms with Crippen LogP contribution in [0.15, 0.2) is 36.7 Å². The second kappa shape index (κ2) is 10.6. The molecule has 2 amide bonds. The summed E-state index contributed by atoms with van der Waals surface area (Å²) >= 11 is 0. The summed E-state index contributed by atoms with van der Waals surface area (Å²) in [5.74, 6) is -0.356. The van der Waals surface area contributed by atoms with Gasteiger partial charge in [0.15, 0.2) is 5.69 Å². The molecule has 1 saturated heterocycles. The summed E-state index contributed by atoms with van der Waals surface area (Å²) in [6, 6.07) is 8.54. The van der Waals surface area contributed by atoms with E-state index < -0.39 is 17.7 Å². The molecule has 0 radical (unpaired) electrons. The van der Waals surface area contributed by atoms with Crippen molar-refractivity contribution in [2.75, 3.05) is 33.4 Å². The van der Waals surface area contributed by atoms with Crippen molar-refractivity contribution in [2.24, 2.45) is 0 Å². The van der Waals surface area contributed by atoms with Gasteiger partial charge in [0, 0.05) is 38.7 Å². The van der Waals surface area contributed by atoms with Crippen molar-refractivity contribution < 1.29 is 29.3 Å². The minimum absolute atomic E-state index is 0.0348. The first-order chi connectivity index (χ1) is 16.9. The summed E-state index contributed by atoms with van der Waals surface area (Å²) in [5.41, 5.74) is 0.517. The highest BCUT2D eigenvalue weighted by atomic mass is 16.5. The van der Waals surface area contributed by atoms with Gasteiger partial charge in [0.1, 0.15) is 11.9 Å². The number of carboxylic acid groups (broad SMARTS) is 1. The number of hydrogen-bond acceptors (Lipinski definition) is 6. The number of aliphatic hydroxyl groups is 1. The van der Waals surface area contributed by atoms with E-state index in [0.717, 1.165) is 24.8 Å². The number of benzene rings is 1. The summed E-state index contributed by atoms with van der Waals surface area (Å²) < 4.78 is 7.25. The number of hydrogen-bond donors (Lipinski definition) is 2. The van der Waals surface area contributed by atoms with Crippen LogP contribution in [0, 0.1) is 0 Å². The number of rotatable bonds is 7. The molecule has 3 atom stereocenters. The zero-order valence-corrected chi connectivity index (χ0v) is 19.9. The standard InChI is InChI=1S/C25H32N4O6/c1-35-16-25(34)11-6-5-9-20(25)29-17-26-21(22(29)18-7-3-2-4-8-18)23(31)28-13-12-27(24(32)33)15-19(28)10-14-30/h2-4,7-8,14,17,19-20,34H,5-6,9-13,15-16H2,1H3,(H,32,33)/t19-,20-,25-/m1/s1. The van der Waals surface area contributed by atoms with Crippen molar-refractivity contribution in [3.63, 3.8) is 0 Å². The van der Waals surface area contributed by atoms with E-state index in [1.165, 1.54) is 4.90 Å². The van der Waals surface area contributed by atoms with Crippen LogP contribution in [0.25, 0.3) is 11.3 Å². The van der Waals surface area contributed by atoms with Crippen molar-refractivity contribution in [3.05, 3.63) is 42.4 Å². The Hall–Kier alpha value is -3.24. The minimum atomic E-state index is -1.09. The van der Waals surface area contributed by atoms with Gasteiger partial charge in [0.05, 0.1) is 30.7 Å². The summed E-state index contributed by atoms with van der Waals surface area (Å²) in [4.78, 5) is 43.9. The topological polar surface area (TPSA) is 125 Å². The number of carbonyl (C=O) groups is 3. The van der Waals surface area contributed by atoms with E-state index >= 15 is 0 Å². The molecule has 35 heavy (non-hydrogen) atoms. The average molecular weight is 485 g/mol. The van der Waals surface area contributed by atoms with Crippen LogP contribution in [-0.2, 0) is 9.53 Å². The van der Waals surface area contributed by atoms with Crippen LogP contribution in [0.4, 0.5) is 4.79 Å². The molecular formula is C25H32N4O6. The average Bonchev–Trinajstić information content (AvgIpc) is 3.29. The largest absolute Gasteiger partial charge is 0.465 e. The zero-order chi connectivity index (χ0) is 25.0. The third-order valence-electron chi connectivity index (χ3n) is 7.11. The van der Waals surface area contributed by atoms with Gasteiger partial charge in [-0.3, -0.25) is 4.79 Å². The first kappa shape index (κ1) is 24.9. The van der Waals surface area contributed by atoms with Crippen molar-refractivity contribution in [1.29, 1.82) is 0 Å². The SMILES string of the molecule is COC[C@]1(O)CCCC[C@H]1n1cnc(C(=O)N2CCN(C(=O)O)C[C@H]2CC=O)c1-c1ccccc1. The zero-order valence-electron chi connectivity index (χ0n) is 19.9. The van der Waals surface area contributed by atoms with Crippen molar-refractivity contribution in [3.8, 4) is 11.3 Å². The van der Waals surface area contributed by atoms with E-state index in [1.54, 1.807) is 18.3 Å². The molecule has 2 aliphatic rings. The predicted octanol–water partition coefficient (Wildman–Crippen LogP) is 2.44. The fourth-order valence-electron chi connectivity index (χ4n) is 5.40. The predicted molar refractivity (Wildman–Crippen MR) is 127 cm³/mol. The van der Waals surface area contributed by atoms with Crippen LogP contribution < -0.4 is 0 Å². The molecule has 1 saturated carbocycles. The Morgan fingerprint density at radius 1 is 1.23 bits per heavy atom. The Labute approximate surface area is 204 Å². The molecule has 2 fully saturated rings. The van der Waals surface area contributed by atoms with Gasteiger partial charge >= 0.3 is 6.09 Å². The molecule has 2 N–H and O–H groups in total. The molecule has 2 aromatic rings. The Morgan fingerprint density at radius 3 is 2.69 bits per heavy atom. The van der Waals surface area contributed by atoms with E-state index in [4.69, 9.17) is 4.74 Å². The summed E-state index contributed by atoms with van der Waals surface area (Å²) in [6.45, 7) is 0.569. The maximum absolute atomic E-state index is 13.8. The maximum atomic E-state index is 13.8. The van der Waals surface area contributed by atoms with E-state index in [1.807, 2.05) is 34.9 Å². The third-order valence-corrected chi connectivity index (χ3v) is 7.11. The highest BCUT2D eigenvalue weighted by Gasteiger charge is 2.42. The number of methoxy groups -OCH3 is 1. The number of ether oxygens (including phenoxy) is 1. The number of imidazole rings is 1. The van der Waals surface area contributed by atoms with Gasteiger partial charge in [-0.25, -0.2) is 9.78 Å². The van der Waals surface area contributed by atoms with Crippen LogP contribution in [0.1, 0.15) is 48.6 Å². The second-order valence-corrected chi connectivity index (χ2v) is 9.30. The van der Waals surface area contributed by atoms with Crippen LogP contribution in [0.3, 0.4) is 0 Å². The van der Waals surface area contributed by atoms with Gasteiger partial charge in [0.2, 0.25) is 0 Å². The fourth-order valence-corrected chi connectivity index (χ4v) is 5.40. The van der Waals surface area contributed by atoms with Crippen LogP contribution in [0.2, 0.25) is 0 Å². The van der Waals surface area contributed by atoms with Gasteiger partial charge in [-0.1, -0.05) is 43.2 Å². The van der Waals surface area contributed by atoms with E-state index in [9.17, 15) is 24.6 Å². The number of carbonyl (C=O) groups excluding carboxylic acids is 2. The lowest BCUT2D eigenvalue weighted by Gasteiger charge is -2.41. The van der Waals surface area contributed by atoms with Crippen molar-refractivity contribution in [1.82, 2.24) is 19.4 Å². The van der Waals surface area contributed by atoms with Gasteiger partial charge in [-0.15, -0.1) is 0 Å². The highest BCUT2D eigenvalue weighted by Crippen LogP contribution is 2.41. The lowest BCUT2D eigenvalue weighted by Crippen LogP contribution is -2.56. The molecule has 4 rings (SSSR count). The molecule has 10 heteroatoms. The molecule has 0 bridgehead atoms. The van der Waals surface area contributed by atoms with Gasteiger partial charge < -0.3 is 34.1 Å². The number of aldehydes is 1. The molecule has 188 valence electrons. The quantitative estimate of drug-likeness (QED) is 0.578. The fraction of sp³-hybridized carbons (Fsp3) is 0.520. The Kier molecular flexibility index (Phi) is 7.51. The molecule has 0 unspecified atom stereocenters. The molecule has 1 aromatic carbocycles. The number of piperazine rings is 1. The first-order valence-electron chi connectivity index (χ1n) is 12.0. The van der Waals surface area contributed by atoms with E-state index in [0.29, 0.717) is 18.4 Å². The monoisotopic (exact) mass is 484 g/mol. The van der Waals surface area contributed by atoms with Gasteiger partial charge in [-0.2, -0.15) is 0 Å². The minimum Gasteiger partial charge on any atom is -0.465 e.